The molecule has 1 atom stereocenters. The average Bonchev–Trinajstić information content (AvgIpc) is 3.58. The second-order valence-corrected chi connectivity index (χ2v) is 9.93. The Hall–Kier alpha value is -2.35. The van der Waals surface area contributed by atoms with Crippen LogP contribution in [0.15, 0.2) is 49.1 Å². The lowest BCUT2D eigenvalue weighted by Crippen LogP contribution is -2.33. The minimum Gasteiger partial charge on any atom is -0.352 e. The van der Waals surface area contributed by atoms with E-state index in [4.69, 9.17) is 34.8 Å². The largest absolute Gasteiger partial charge is 0.399 e. The van der Waals surface area contributed by atoms with Gasteiger partial charge >= 0.3 is 6.18 Å². The Kier molecular flexibility index (Phi) is 8.59. The Bertz CT molecular complexity index is 1210. The molecule has 1 fully saturated rings. The first-order valence-electron chi connectivity index (χ1n) is 10.9. The van der Waals surface area contributed by atoms with Gasteiger partial charge in [-0.15, -0.1) is 6.58 Å². The molecule has 2 aromatic carbocycles. The highest BCUT2D eigenvalue weighted by atomic mass is 35.5. The van der Waals surface area contributed by atoms with E-state index in [-0.39, 0.29) is 49.9 Å². The summed E-state index contributed by atoms with van der Waals surface area (Å²) in [6.45, 7) is 5.39. The Balaban J connectivity index is 1.86. The fraction of sp³-hybridized carbons (Fsp3) is 0.308. The Labute approximate surface area is 221 Å². The molecule has 1 saturated carbocycles. The lowest BCUT2D eigenvalue weighted by atomic mass is 9.91. The SMILES string of the molecule is C=CCNC(=O)C1(CC(=O)c2ccc(/C(F)=C/C(c3cc(Cl)c(Cl)c(Cl)c3)C(F)(F)F)cc2C)CC1. The van der Waals surface area contributed by atoms with Crippen molar-refractivity contribution >= 4 is 52.3 Å². The summed E-state index contributed by atoms with van der Waals surface area (Å²) in [4.78, 5) is 25.2. The van der Waals surface area contributed by atoms with Crippen molar-refractivity contribution in [2.75, 3.05) is 6.54 Å². The van der Waals surface area contributed by atoms with E-state index in [1.165, 1.54) is 18.2 Å². The predicted octanol–water partition coefficient (Wildman–Crippen LogP) is 8.27. The van der Waals surface area contributed by atoms with E-state index in [2.05, 4.69) is 11.9 Å². The number of halogens is 7. The summed E-state index contributed by atoms with van der Waals surface area (Å²) in [6, 6.07) is 5.87. The van der Waals surface area contributed by atoms with Crippen molar-refractivity contribution < 1.29 is 27.2 Å². The van der Waals surface area contributed by atoms with Gasteiger partial charge < -0.3 is 5.32 Å². The molecule has 1 amide bonds. The molecular weight excluding hydrogens is 541 g/mol. The predicted molar refractivity (Wildman–Crippen MR) is 134 cm³/mol. The first kappa shape index (κ1) is 28.2. The number of ketones is 1. The highest BCUT2D eigenvalue weighted by Gasteiger charge is 2.51. The number of rotatable bonds is 9. The van der Waals surface area contributed by atoms with Crippen molar-refractivity contribution in [1.29, 1.82) is 0 Å². The molecule has 0 heterocycles. The molecule has 0 radical (unpaired) electrons. The molecule has 1 N–H and O–H groups in total. The zero-order valence-electron chi connectivity index (χ0n) is 19.1. The summed E-state index contributed by atoms with van der Waals surface area (Å²) in [7, 11) is 0. The highest BCUT2D eigenvalue weighted by Crippen LogP contribution is 2.50. The van der Waals surface area contributed by atoms with Crippen LogP contribution in [0.5, 0.6) is 0 Å². The maximum absolute atomic E-state index is 15.0. The third-order valence-corrected chi connectivity index (χ3v) is 7.27. The van der Waals surface area contributed by atoms with Gasteiger partial charge in [0.05, 0.1) is 20.5 Å². The highest BCUT2D eigenvalue weighted by molar-refractivity contribution is 6.48. The van der Waals surface area contributed by atoms with Crippen LogP contribution in [0.1, 0.15) is 52.2 Å². The lowest BCUT2D eigenvalue weighted by Gasteiger charge is -2.19. The number of Topliss-reactive ketones (excluding diaryl/α,β-unsaturated/α-hetero) is 1. The molecule has 0 bridgehead atoms. The monoisotopic (exact) mass is 561 g/mol. The van der Waals surface area contributed by atoms with E-state index in [0.29, 0.717) is 31.0 Å². The minimum absolute atomic E-state index is 0.0112. The standard InChI is InChI=1S/C26H22Cl3F4NO2/c1-3-8-34-24(36)25(6-7-25)13-22(35)17-5-4-15(9-14(17)2)21(30)12-18(26(31,32)33)16-10-19(27)23(29)20(28)11-16/h3-5,9-12,18H,1,6-8,13H2,2H3,(H,34,36)/b21-12-. The number of carbonyl (C=O) groups is 2. The molecule has 3 rings (SSSR count). The van der Waals surface area contributed by atoms with Crippen molar-refractivity contribution in [3.8, 4) is 0 Å². The maximum atomic E-state index is 15.0. The topological polar surface area (TPSA) is 46.2 Å². The molecule has 0 spiro atoms. The van der Waals surface area contributed by atoms with Gasteiger partial charge in [-0.1, -0.05) is 53.0 Å². The zero-order chi connectivity index (χ0) is 26.8. The normalized spacial score (nSPS) is 15.8. The summed E-state index contributed by atoms with van der Waals surface area (Å²) in [5.74, 6) is -3.99. The van der Waals surface area contributed by atoms with Crippen LogP contribution < -0.4 is 5.32 Å². The van der Waals surface area contributed by atoms with Crippen molar-refractivity contribution in [1.82, 2.24) is 5.32 Å². The van der Waals surface area contributed by atoms with Crippen molar-refractivity contribution in [2.24, 2.45) is 5.41 Å². The second-order valence-electron chi connectivity index (χ2n) is 8.74. The number of aryl methyl sites for hydroxylation is 1. The van der Waals surface area contributed by atoms with Gasteiger partial charge in [0.1, 0.15) is 11.7 Å². The summed E-state index contributed by atoms with van der Waals surface area (Å²) in [5.41, 5.74) is -0.612. The van der Waals surface area contributed by atoms with Gasteiger partial charge in [-0.25, -0.2) is 4.39 Å². The smallest absolute Gasteiger partial charge is 0.352 e. The Morgan fingerprint density at radius 3 is 2.25 bits per heavy atom. The lowest BCUT2D eigenvalue weighted by molar-refractivity contribution is -0.139. The van der Waals surface area contributed by atoms with Crippen LogP contribution in [0.2, 0.25) is 15.1 Å². The first-order chi connectivity index (χ1) is 16.8. The summed E-state index contributed by atoms with van der Waals surface area (Å²) in [6.07, 6.45) is -1.73. The van der Waals surface area contributed by atoms with E-state index < -0.39 is 23.3 Å². The van der Waals surface area contributed by atoms with Crippen LogP contribution >= 0.6 is 34.8 Å². The van der Waals surface area contributed by atoms with Gasteiger partial charge in [-0.2, -0.15) is 13.2 Å². The van der Waals surface area contributed by atoms with Gasteiger partial charge in [0.25, 0.3) is 0 Å². The van der Waals surface area contributed by atoms with Gasteiger partial charge in [-0.05, 0) is 55.2 Å². The van der Waals surface area contributed by atoms with Gasteiger partial charge in [-0.3, -0.25) is 9.59 Å². The number of amides is 1. The van der Waals surface area contributed by atoms with E-state index in [1.54, 1.807) is 13.0 Å². The number of nitrogens with one attached hydrogen (secondary N) is 1. The van der Waals surface area contributed by atoms with Crippen molar-refractivity contribution in [3.05, 3.63) is 86.4 Å². The van der Waals surface area contributed by atoms with Gasteiger partial charge in [0, 0.05) is 24.1 Å². The molecule has 3 nitrogen and oxygen atoms in total. The molecule has 1 aliphatic carbocycles. The number of benzene rings is 2. The molecule has 0 aliphatic heterocycles. The molecule has 36 heavy (non-hydrogen) atoms. The fourth-order valence-electron chi connectivity index (χ4n) is 3.89. The van der Waals surface area contributed by atoms with Gasteiger partial charge in [0.15, 0.2) is 5.78 Å². The number of hydrogen-bond donors (Lipinski definition) is 1. The van der Waals surface area contributed by atoms with Crippen LogP contribution in [0.25, 0.3) is 5.83 Å². The number of carbonyl (C=O) groups excluding carboxylic acids is 2. The third kappa shape index (κ3) is 6.31. The van der Waals surface area contributed by atoms with Crippen LogP contribution in [0.4, 0.5) is 17.6 Å². The number of hydrogen-bond acceptors (Lipinski definition) is 2. The summed E-state index contributed by atoms with van der Waals surface area (Å²) in [5, 5.41) is 2.23. The number of alkyl halides is 3. The maximum Gasteiger partial charge on any atom is 0.399 e. The van der Waals surface area contributed by atoms with E-state index in [0.717, 1.165) is 12.1 Å². The molecule has 1 unspecified atom stereocenters. The minimum atomic E-state index is -4.84. The summed E-state index contributed by atoms with van der Waals surface area (Å²) < 4.78 is 56.4. The van der Waals surface area contributed by atoms with E-state index in [1.807, 2.05) is 0 Å². The van der Waals surface area contributed by atoms with Gasteiger partial charge in [0.2, 0.25) is 5.91 Å². The number of allylic oxidation sites excluding steroid dienone is 1. The van der Waals surface area contributed by atoms with Crippen molar-refractivity contribution in [3.63, 3.8) is 0 Å². The van der Waals surface area contributed by atoms with Crippen LogP contribution in [-0.2, 0) is 4.79 Å². The molecule has 0 saturated heterocycles. The first-order valence-corrected chi connectivity index (χ1v) is 12.0. The van der Waals surface area contributed by atoms with E-state index >= 15 is 4.39 Å². The Morgan fingerprint density at radius 1 is 1.14 bits per heavy atom. The van der Waals surface area contributed by atoms with Crippen LogP contribution in [0.3, 0.4) is 0 Å². The average molecular weight is 563 g/mol. The van der Waals surface area contributed by atoms with E-state index in [9.17, 15) is 22.8 Å². The quantitative estimate of drug-likeness (QED) is 0.145. The van der Waals surface area contributed by atoms with Crippen LogP contribution in [0, 0.1) is 12.3 Å². The molecular formula is C26H22Cl3F4NO2. The molecule has 1 aliphatic rings. The molecule has 192 valence electrons. The molecule has 0 aromatic heterocycles. The zero-order valence-corrected chi connectivity index (χ0v) is 21.4. The molecule has 2 aromatic rings. The van der Waals surface area contributed by atoms with Crippen molar-refractivity contribution in [2.45, 2.75) is 38.3 Å². The fourth-order valence-corrected chi connectivity index (χ4v) is 4.51. The Morgan fingerprint density at radius 2 is 1.75 bits per heavy atom. The molecule has 10 heteroatoms. The third-order valence-electron chi connectivity index (χ3n) is 6.07. The summed E-state index contributed by atoms with van der Waals surface area (Å²) >= 11 is 17.6. The van der Waals surface area contributed by atoms with Crippen LogP contribution in [-0.4, -0.2) is 24.4 Å². The second kappa shape index (κ2) is 11.0.